The maximum Gasteiger partial charge on any atom is 0.237 e. The van der Waals surface area contributed by atoms with E-state index in [0.717, 1.165) is 50.1 Å². The van der Waals surface area contributed by atoms with Crippen molar-refractivity contribution in [2.45, 2.75) is 38.8 Å². The molecule has 6 heteroatoms. The average molecular weight is 368 g/mol. The molecule has 27 heavy (non-hydrogen) atoms. The van der Waals surface area contributed by atoms with Gasteiger partial charge in [0.05, 0.1) is 6.04 Å². The summed E-state index contributed by atoms with van der Waals surface area (Å²) >= 11 is 0. The summed E-state index contributed by atoms with van der Waals surface area (Å²) in [5.74, 6) is 0.141. The van der Waals surface area contributed by atoms with Gasteiger partial charge in [-0.25, -0.2) is 9.97 Å². The van der Waals surface area contributed by atoms with E-state index in [9.17, 15) is 4.79 Å². The number of amides is 1. The minimum absolute atomic E-state index is 0.0284. The first-order valence-electron chi connectivity index (χ1n) is 9.71. The van der Waals surface area contributed by atoms with E-state index >= 15 is 0 Å². The Morgan fingerprint density at radius 1 is 1.22 bits per heavy atom. The van der Waals surface area contributed by atoms with Gasteiger partial charge in [0.25, 0.3) is 0 Å². The molecule has 144 valence electrons. The molecule has 3 rings (SSSR count). The van der Waals surface area contributed by atoms with Crippen molar-refractivity contribution in [3.63, 3.8) is 0 Å². The van der Waals surface area contributed by atoms with E-state index < -0.39 is 0 Å². The van der Waals surface area contributed by atoms with Crippen molar-refractivity contribution in [3.05, 3.63) is 48.5 Å². The molecule has 0 saturated carbocycles. The van der Waals surface area contributed by atoms with Crippen LogP contribution < -0.4 is 5.32 Å². The van der Waals surface area contributed by atoms with Gasteiger partial charge in [-0.2, -0.15) is 0 Å². The summed E-state index contributed by atoms with van der Waals surface area (Å²) in [6.07, 6.45) is 8.01. The van der Waals surface area contributed by atoms with Crippen molar-refractivity contribution in [1.82, 2.24) is 20.2 Å². The Morgan fingerprint density at radius 2 is 2.00 bits per heavy atom. The lowest BCUT2D eigenvalue weighted by Crippen LogP contribution is -2.43. The second-order valence-electron chi connectivity index (χ2n) is 6.79. The van der Waals surface area contributed by atoms with Crippen molar-refractivity contribution in [3.8, 4) is 11.1 Å². The standard InChI is InChI=1S/C21H28N4O2/c1-2-27-12-4-10-24-21(26)20-5-3-11-25(20)15-17-6-8-18(9-7-17)19-13-22-16-23-14-19/h6-9,13-14,16,20H,2-5,10-12,15H2,1H3,(H,24,26). The number of benzene rings is 1. The van der Waals surface area contributed by atoms with Gasteiger partial charge < -0.3 is 10.1 Å². The van der Waals surface area contributed by atoms with Crippen LogP contribution in [0.15, 0.2) is 43.0 Å². The van der Waals surface area contributed by atoms with Gasteiger partial charge in [0, 0.05) is 44.3 Å². The van der Waals surface area contributed by atoms with Gasteiger partial charge in [-0.15, -0.1) is 0 Å². The fourth-order valence-corrected chi connectivity index (χ4v) is 3.45. The predicted molar refractivity (Wildman–Crippen MR) is 105 cm³/mol. The third kappa shape index (κ3) is 5.58. The van der Waals surface area contributed by atoms with E-state index in [0.29, 0.717) is 13.2 Å². The summed E-state index contributed by atoms with van der Waals surface area (Å²) in [7, 11) is 0. The fraction of sp³-hybridized carbons (Fsp3) is 0.476. The molecule has 1 unspecified atom stereocenters. The Kier molecular flexibility index (Phi) is 7.30. The highest BCUT2D eigenvalue weighted by Crippen LogP contribution is 2.22. The number of ether oxygens (including phenoxy) is 1. The monoisotopic (exact) mass is 368 g/mol. The van der Waals surface area contributed by atoms with E-state index in [1.807, 2.05) is 19.3 Å². The summed E-state index contributed by atoms with van der Waals surface area (Å²) in [6, 6.07) is 8.40. The Hall–Kier alpha value is -2.31. The van der Waals surface area contributed by atoms with Crippen LogP contribution in [0.25, 0.3) is 11.1 Å². The molecule has 1 aliphatic rings. The molecule has 6 nitrogen and oxygen atoms in total. The van der Waals surface area contributed by atoms with Gasteiger partial charge in [0.1, 0.15) is 6.33 Å². The Bertz CT molecular complexity index is 706. The van der Waals surface area contributed by atoms with Crippen LogP contribution >= 0.6 is 0 Å². The fourth-order valence-electron chi connectivity index (χ4n) is 3.45. The second-order valence-corrected chi connectivity index (χ2v) is 6.79. The molecule has 1 amide bonds. The quantitative estimate of drug-likeness (QED) is 0.689. The topological polar surface area (TPSA) is 67.3 Å². The normalized spacial score (nSPS) is 17.1. The smallest absolute Gasteiger partial charge is 0.237 e. The van der Waals surface area contributed by atoms with Crippen molar-refractivity contribution < 1.29 is 9.53 Å². The van der Waals surface area contributed by atoms with Gasteiger partial charge in [-0.05, 0) is 43.9 Å². The zero-order chi connectivity index (χ0) is 18.9. The molecule has 1 atom stereocenters. The van der Waals surface area contributed by atoms with Crippen LogP contribution in [0, 0.1) is 0 Å². The summed E-state index contributed by atoms with van der Waals surface area (Å²) in [5, 5.41) is 3.06. The number of hydrogen-bond acceptors (Lipinski definition) is 5. The van der Waals surface area contributed by atoms with Gasteiger partial charge in [0.2, 0.25) is 5.91 Å². The van der Waals surface area contributed by atoms with Crippen molar-refractivity contribution in [2.75, 3.05) is 26.3 Å². The first-order valence-corrected chi connectivity index (χ1v) is 9.71. The van der Waals surface area contributed by atoms with Crippen LogP contribution in [-0.2, 0) is 16.1 Å². The molecule has 1 aromatic heterocycles. The number of carbonyl (C=O) groups excluding carboxylic acids is 1. The van der Waals surface area contributed by atoms with Gasteiger partial charge >= 0.3 is 0 Å². The minimum Gasteiger partial charge on any atom is -0.382 e. The molecule has 1 fully saturated rings. The number of likely N-dealkylation sites (tertiary alicyclic amines) is 1. The summed E-state index contributed by atoms with van der Waals surface area (Å²) in [4.78, 5) is 22.9. The van der Waals surface area contributed by atoms with Gasteiger partial charge in [-0.3, -0.25) is 9.69 Å². The second kappa shape index (κ2) is 10.1. The number of rotatable bonds is 9. The molecular weight excluding hydrogens is 340 g/mol. The summed E-state index contributed by atoms with van der Waals surface area (Å²) in [5.41, 5.74) is 3.32. The lowest BCUT2D eigenvalue weighted by Gasteiger charge is -2.24. The molecule has 0 spiro atoms. The van der Waals surface area contributed by atoms with Crippen LogP contribution in [0.3, 0.4) is 0 Å². The molecule has 1 aliphatic heterocycles. The number of nitrogens with one attached hydrogen (secondary N) is 1. The Morgan fingerprint density at radius 3 is 2.74 bits per heavy atom. The maximum atomic E-state index is 12.5. The highest BCUT2D eigenvalue weighted by molar-refractivity contribution is 5.82. The van der Waals surface area contributed by atoms with Crippen molar-refractivity contribution in [2.24, 2.45) is 0 Å². The van der Waals surface area contributed by atoms with E-state index in [4.69, 9.17) is 4.74 Å². The van der Waals surface area contributed by atoms with E-state index in [1.165, 1.54) is 11.9 Å². The van der Waals surface area contributed by atoms with E-state index in [2.05, 4.69) is 44.5 Å². The van der Waals surface area contributed by atoms with Crippen molar-refractivity contribution >= 4 is 5.91 Å². The molecule has 1 aromatic carbocycles. The van der Waals surface area contributed by atoms with Gasteiger partial charge in [0.15, 0.2) is 0 Å². The first-order chi connectivity index (χ1) is 13.3. The Balaban J connectivity index is 1.52. The third-order valence-electron chi connectivity index (χ3n) is 4.87. The van der Waals surface area contributed by atoms with Crippen LogP contribution in [0.1, 0.15) is 31.7 Å². The van der Waals surface area contributed by atoms with Crippen LogP contribution in [-0.4, -0.2) is 53.1 Å². The highest BCUT2D eigenvalue weighted by atomic mass is 16.5. The first kappa shape index (κ1) is 19.5. The van der Waals surface area contributed by atoms with Crippen molar-refractivity contribution in [1.29, 1.82) is 0 Å². The molecular formula is C21H28N4O2. The van der Waals surface area contributed by atoms with E-state index in [1.54, 1.807) is 0 Å². The molecule has 2 aromatic rings. The molecule has 1 N–H and O–H groups in total. The summed E-state index contributed by atoms with van der Waals surface area (Å²) < 4.78 is 5.31. The van der Waals surface area contributed by atoms with Crippen LogP contribution in [0.4, 0.5) is 0 Å². The predicted octanol–water partition coefficient (Wildman–Crippen LogP) is 2.65. The molecule has 0 aliphatic carbocycles. The largest absolute Gasteiger partial charge is 0.382 e. The average Bonchev–Trinajstić information content (AvgIpc) is 3.17. The number of carbonyl (C=O) groups is 1. The molecule has 1 saturated heterocycles. The number of aromatic nitrogens is 2. The molecule has 2 heterocycles. The lowest BCUT2D eigenvalue weighted by molar-refractivity contribution is -0.125. The minimum atomic E-state index is -0.0284. The van der Waals surface area contributed by atoms with Crippen LogP contribution in [0.2, 0.25) is 0 Å². The third-order valence-corrected chi connectivity index (χ3v) is 4.87. The van der Waals surface area contributed by atoms with Gasteiger partial charge in [-0.1, -0.05) is 24.3 Å². The zero-order valence-corrected chi connectivity index (χ0v) is 15.9. The lowest BCUT2D eigenvalue weighted by atomic mass is 10.1. The number of nitrogens with zero attached hydrogens (tertiary/aromatic N) is 3. The molecule has 0 bridgehead atoms. The van der Waals surface area contributed by atoms with Crippen LogP contribution in [0.5, 0.6) is 0 Å². The van der Waals surface area contributed by atoms with E-state index in [-0.39, 0.29) is 11.9 Å². The SMILES string of the molecule is CCOCCCNC(=O)C1CCCN1Cc1ccc(-c2cncnc2)cc1. The number of hydrogen-bond donors (Lipinski definition) is 1. The zero-order valence-electron chi connectivity index (χ0n) is 15.9. The Labute approximate surface area is 161 Å². The molecule has 0 radical (unpaired) electrons. The summed E-state index contributed by atoms with van der Waals surface area (Å²) in [6.45, 7) is 5.84. The maximum absolute atomic E-state index is 12.5. The highest BCUT2D eigenvalue weighted by Gasteiger charge is 2.30.